The smallest absolute Gasteiger partial charge is 0.317 e. The van der Waals surface area contributed by atoms with Crippen molar-refractivity contribution in [3.05, 3.63) is 58.0 Å². The number of nitrogens with one attached hydrogen (secondary N) is 3. The molecule has 0 spiro atoms. The van der Waals surface area contributed by atoms with Crippen LogP contribution in [0.1, 0.15) is 39.0 Å². The van der Waals surface area contributed by atoms with Crippen LogP contribution in [0.2, 0.25) is 0 Å². The van der Waals surface area contributed by atoms with Crippen LogP contribution >= 0.6 is 22.7 Å². The standard InChI is InChI=1S/C29H35N7O3S2/c1-34-11-13-35(14-12-34)29(39)32-15-19-4-6-20(7-5-19)24-16-31-27(41-24)21-17-36(18-21)28(38)23-8-9-25(40-23)33-26(37)22-3-2-10-30-22/h4-9,16,21-22,30H,2-3,10-15,17-18H2,1H3,(H,32,39)(H,33,37)/t22-/m0/s1. The van der Waals surface area contributed by atoms with Gasteiger partial charge in [0.1, 0.15) is 0 Å². The molecule has 216 valence electrons. The molecule has 10 nitrogen and oxygen atoms in total. The summed E-state index contributed by atoms with van der Waals surface area (Å²) in [5, 5.41) is 10.9. The highest BCUT2D eigenvalue weighted by Crippen LogP contribution is 2.36. The number of carbonyl (C=O) groups excluding carboxylic acids is 3. The number of urea groups is 1. The molecule has 1 atom stereocenters. The van der Waals surface area contributed by atoms with E-state index < -0.39 is 0 Å². The second-order valence-corrected chi connectivity index (χ2v) is 13.1. The lowest BCUT2D eigenvalue weighted by Gasteiger charge is -2.37. The first-order chi connectivity index (χ1) is 19.9. The summed E-state index contributed by atoms with van der Waals surface area (Å²) in [6.07, 6.45) is 3.76. The molecular formula is C29H35N7O3S2. The second-order valence-electron chi connectivity index (χ2n) is 10.9. The van der Waals surface area contributed by atoms with Crippen LogP contribution < -0.4 is 16.0 Å². The van der Waals surface area contributed by atoms with E-state index in [1.165, 1.54) is 11.3 Å². The third-order valence-corrected chi connectivity index (χ3v) is 10.2. The molecule has 0 bridgehead atoms. The number of hydrogen-bond donors (Lipinski definition) is 3. The molecule has 1 aromatic carbocycles. The normalized spacial score (nSPS) is 19.7. The van der Waals surface area contributed by atoms with E-state index >= 15 is 0 Å². The summed E-state index contributed by atoms with van der Waals surface area (Å²) in [4.78, 5) is 50.1. The topological polar surface area (TPSA) is 110 Å². The number of likely N-dealkylation sites (tertiary alicyclic amines) is 1. The lowest BCUT2D eigenvalue weighted by Crippen LogP contribution is -2.50. The lowest BCUT2D eigenvalue weighted by atomic mass is 10.0. The van der Waals surface area contributed by atoms with Crippen LogP contribution in [0, 0.1) is 0 Å². The number of aromatic nitrogens is 1. The van der Waals surface area contributed by atoms with Gasteiger partial charge in [-0.2, -0.15) is 0 Å². The molecule has 4 amide bonds. The number of anilines is 1. The average Bonchev–Trinajstić information content (AvgIpc) is 3.74. The Kier molecular flexibility index (Phi) is 8.33. The van der Waals surface area contributed by atoms with E-state index in [2.05, 4.69) is 45.0 Å². The van der Waals surface area contributed by atoms with Gasteiger partial charge in [-0.3, -0.25) is 9.59 Å². The van der Waals surface area contributed by atoms with Gasteiger partial charge in [0.15, 0.2) is 0 Å². The lowest BCUT2D eigenvalue weighted by molar-refractivity contribution is -0.117. The minimum absolute atomic E-state index is 0.00202. The predicted molar refractivity (Wildman–Crippen MR) is 161 cm³/mol. The van der Waals surface area contributed by atoms with Gasteiger partial charge in [-0.25, -0.2) is 9.78 Å². The second kappa shape index (κ2) is 12.3. The molecule has 3 saturated heterocycles. The maximum atomic E-state index is 13.0. The van der Waals surface area contributed by atoms with Crippen molar-refractivity contribution in [1.29, 1.82) is 0 Å². The minimum atomic E-state index is -0.145. The van der Waals surface area contributed by atoms with E-state index in [4.69, 9.17) is 0 Å². The minimum Gasteiger partial charge on any atom is -0.336 e. The van der Waals surface area contributed by atoms with Crippen LogP contribution in [0.4, 0.5) is 9.80 Å². The number of thiophene rings is 1. The van der Waals surface area contributed by atoms with Crippen molar-refractivity contribution >= 4 is 45.5 Å². The maximum absolute atomic E-state index is 13.0. The molecule has 5 heterocycles. The van der Waals surface area contributed by atoms with E-state index in [-0.39, 0.29) is 29.8 Å². The van der Waals surface area contributed by atoms with Gasteiger partial charge in [-0.05, 0) is 49.7 Å². The molecule has 3 aliphatic rings. The highest BCUT2D eigenvalue weighted by molar-refractivity contribution is 7.18. The van der Waals surface area contributed by atoms with Crippen molar-refractivity contribution in [1.82, 2.24) is 30.3 Å². The third kappa shape index (κ3) is 6.45. The van der Waals surface area contributed by atoms with Gasteiger partial charge in [0, 0.05) is 57.9 Å². The maximum Gasteiger partial charge on any atom is 0.317 e. The highest BCUT2D eigenvalue weighted by atomic mass is 32.1. The Balaban J connectivity index is 0.970. The first-order valence-electron chi connectivity index (χ1n) is 14.1. The Morgan fingerprint density at radius 1 is 1.00 bits per heavy atom. The van der Waals surface area contributed by atoms with Gasteiger partial charge in [0.2, 0.25) is 5.91 Å². The molecule has 3 N–H and O–H groups in total. The molecule has 3 fully saturated rings. The van der Waals surface area contributed by atoms with Crippen molar-refractivity contribution in [2.75, 3.05) is 58.2 Å². The summed E-state index contributed by atoms with van der Waals surface area (Å²) in [5.41, 5.74) is 2.15. The molecule has 0 unspecified atom stereocenters. The fraction of sp³-hybridized carbons (Fsp3) is 0.448. The van der Waals surface area contributed by atoms with Crippen molar-refractivity contribution in [2.24, 2.45) is 0 Å². The highest BCUT2D eigenvalue weighted by Gasteiger charge is 2.35. The van der Waals surface area contributed by atoms with E-state index in [0.29, 0.717) is 29.5 Å². The molecule has 0 saturated carbocycles. The Labute approximate surface area is 247 Å². The first-order valence-corrected chi connectivity index (χ1v) is 15.8. The zero-order chi connectivity index (χ0) is 28.3. The van der Waals surface area contributed by atoms with Crippen LogP contribution in [0.25, 0.3) is 10.4 Å². The molecule has 6 rings (SSSR count). The van der Waals surface area contributed by atoms with Gasteiger partial charge in [0.25, 0.3) is 5.91 Å². The van der Waals surface area contributed by atoms with E-state index in [1.54, 1.807) is 17.4 Å². The summed E-state index contributed by atoms with van der Waals surface area (Å²) in [6.45, 7) is 5.98. The number of nitrogens with zero attached hydrogens (tertiary/aromatic N) is 4. The Morgan fingerprint density at radius 2 is 1.78 bits per heavy atom. The number of carbonyl (C=O) groups is 3. The Hall–Kier alpha value is -3.32. The van der Waals surface area contributed by atoms with Gasteiger partial charge in [0.05, 0.1) is 25.8 Å². The number of benzene rings is 1. The Bertz CT molecular complexity index is 1390. The fourth-order valence-corrected chi connectivity index (χ4v) is 7.17. The average molecular weight is 594 g/mol. The third-order valence-electron chi connectivity index (χ3n) is 7.95. The molecule has 3 aromatic rings. The SMILES string of the molecule is CN1CCN(C(=O)NCc2ccc(-c3cnc(C4CN(C(=O)c5ccc(NC(=O)[C@@H]6CCCN6)s5)C4)s3)cc2)CC1. The fourth-order valence-electron chi connectivity index (χ4n) is 5.29. The molecule has 12 heteroatoms. The van der Waals surface area contributed by atoms with Crippen LogP contribution in [-0.2, 0) is 11.3 Å². The molecule has 2 aromatic heterocycles. The van der Waals surface area contributed by atoms with Gasteiger partial charge in [-0.1, -0.05) is 24.3 Å². The number of rotatable bonds is 7. The van der Waals surface area contributed by atoms with Gasteiger partial charge < -0.3 is 30.7 Å². The van der Waals surface area contributed by atoms with Crippen molar-refractivity contribution < 1.29 is 14.4 Å². The molecule has 41 heavy (non-hydrogen) atoms. The van der Waals surface area contributed by atoms with Gasteiger partial charge >= 0.3 is 6.03 Å². The Morgan fingerprint density at radius 3 is 2.51 bits per heavy atom. The number of thiazole rings is 1. The predicted octanol–water partition coefficient (Wildman–Crippen LogP) is 3.26. The summed E-state index contributed by atoms with van der Waals surface area (Å²) in [5.74, 6) is 0.196. The summed E-state index contributed by atoms with van der Waals surface area (Å²) in [7, 11) is 2.08. The van der Waals surface area contributed by atoms with Gasteiger partial charge in [-0.15, -0.1) is 22.7 Å². The van der Waals surface area contributed by atoms with E-state index in [0.717, 1.165) is 66.6 Å². The largest absolute Gasteiger partial charge is 0.336 e. The molecule has 3 aliphatic heterocycles. The number of piperazine rings is 1. The summed E-state index contributed by atoms with van der Waals surface area (Å²) < 4.78 is 0. The van der Waals surface area contributed by atoms with Crippen LogP contribution in [0.15, 0.2) is 42.6 Å². The zero-order valence-electron chi connectivity index (χ0n) is 23.1. The van der Waals surface area contributed by atoms with Crippen molar-refractivity contribution in [3.8, 4) is 10.4 Å². The molecule has 0 radical (unpaired) electrons. The summed E-state index contributed by atoms with van der Waals surface area (Å²) in [6, 6.07) is 11.7. The van der Waals surface area contributed by atoms with Crippen LogP contribution in [0.3, 0.4) is 0 Å². The van der Waals surface area contributed by atoms with Crippen LogP contribution in [0.5, 0.6) is 0 Å². The number of hydrogen-bond acceptors (Lipinski definition) is 8. The zero-order valence-corrected chi connectivity index (χ0v) is 24.7. The van der Waals surface area contributed by atoms with Crippen LogP contribution in [-0.4, -0.2) is 96.4 Å². The first kappa shape index (κ1) is 27.8. The van der Waals surface area contributed by atoms with Crippen molar-refractivity contribution in [2.45, 2.75) is 31.3 Å². The van der Waals surface area contributed by atoms with Crippen molar-refractivity contribution in [3.63, 3.8) is 0 Å². The number of amides is 4. The van der Waals surface area contributed by atoms with E-state index in [9.17, 15) is 14.4 Å². The van der Waals surface area contributed by atoms with E-state index in [1.807, 2.05) is 34.2 Å². The monoisotopic (exact) mass is 593 g/mol. The molecular weight excluding hydrogens is 558 g/mol. The number of likely N-dealkylation sites (N-methyl/N-ethyl adjacent to an activating group) is 1. The quantitative estimate of drug-likeness (QED) is 0.388. The molecule has 0 aliphatic carbocycles. The summed E-state index contributed by atoms with van der Waals surface area (Å²) >= 11 is 2.99.